The average molecular weight is 169 g/mol. The molecular formula is C10H17O2. The Kier molecular flexibility index (Phi) is 9.54. The molecule has 0 aromatic rings. The van der Waals surface area contributed by atoms with Crippen molar-refractivity contribution in [3.63, 3.8) is 0 Å². The van der Waals surface area contributed by atoms with E-state index in [0.717, 1.165) is 6.42 Å². The second kappa shape index (κ2) is 10.2. The Balaban J connectivity index is 2.94. The molecule has 0 atom stereocenters. The highest BCUT2D eigenvalue weighted by molar-refractivity contribution is 5.39. The maximum absolute atomic E-state index is 9.58. The molecule has 0 bridgehead atoms. The molecule has 12 heavy (non-hydrogen) atoms. The zero-order valence-corrected chi connectivity index (χ0v) is 7.71. The Morgan fingerprint density at radius 3 is 2.67 bits per heavy atom. The molecule has 0 saturated carbocycles. The summed E-state index contributed by atoms with van der Waals surface area (Å²) in [6.07, 6.45) is 10.6. The van der Waals surface area contributed by atoms with Crippen molar-refractivity contribution in [2.24, 2.45) is 0 Å². The van der Waals surface area contributed by atoms with Crippen molar-refractivity contribution in [1.29, 1.82) is 0 Å². The number of ether oxygens (including phenoxy) is 1. The van der Waals surface area contributed by atoms with E-state index in [1.165, 1.54) is 44.8 Å². The summed E-state index contributed by atoms with van der Waals surface area (Å²) in [4.78, 5) is 9.58. The molecule has 0 aliphatic heterocycles. The molecule has 0 fully saturated rings. The molecule has 0 aromatic heterocycles. The molecular weight excluding hydrogens is 152 g/mol. The molecule has 69 valence electrons. The molecule has 0 N–H and O–H groups in total. The number of hydrogen-bond acceptors (Lipinski definition) is 2. The number of carbonyl (C=O) groups excluding carboxylic acids is 1. The number of hydrogen-bond donors (Lipinski definition) is 0. The van der Waals surface area contributed by atoms with Crippen LogP contribution >= 0.6 is 0 Å². The summed E-state index contributed by atoms with van der Waals surface area (Å²) < 4.78 is 4.28. The predicted molar refractivity (Wildman–Crippen MR) is 49.3 cm³/mol. The fraction of sp³-hybridized carbons (Fsp3) is 0.700. The van der Waals surface area contributed by atoms with Gasteiger partial charge in [0.15, 0.2) is 0 Å². The van der Waals surface area contributed by atoms with Crippen LogP contribution in [-0.4, -0.2) is 6.47 Å². The number of rotatable bonds is 8. The molecule has 0 spiro atoms. The van der Waals surface area contributed by atoms with E-state index >= 15 is 0 Å². The van der Waals surface area contributed by atoms with Crippen LogP contribution in [0.2, 0.25) is 0 Å². The minimum Gasteiger partial charge on any atom is -0.426 e. The van der Waals surface area contributed by atoms with Gasteiger partial charge in [0.2, 0.25) is 0 Å². The van der Waals surface area contributed by atoms with Gasteiger partial charge in [0, 0.05) is 0 Å². The van der Waals surface area contributed by atoms with Gasteiger partial charge < -0.3 is 4.74 Å². The van der Waals surface area contributed by atoms with E-state index in [-0.39, 0.29) is 0 Å². The fourth-order valence-corrected chi connectivity index (χ4v) is 1.01. The summed E-state index contributed by atoms with van der Waals surface area (Å²) in [6.45, 7) is 3.54. The van der Waals surface area contributed by atoms with Crippen LogP contribution in [0.1, 0.15) is 45.4 Å². The van der Waals surface area contributed by atoms with Gasteiger partial charge in [-0.2, -0.15) is 0 Å². The normalized spacial score (nSPS) is 10.4. The molecule has 0 saturated heterocycles. The first kappa shape index (κ1) is 11.2. The third kappa shape index (κ3) is 9.21. The zero-order chi connectivity index (χ0) is 9.07. The molecule has 0 unspecified atom stereocenters. The maximum atomic E-state index is 9.58. The highest BCUT2D eigenvalue weighted by atomic mass is 16.5. The Morgan fingerprint density at radius 1 is 1.25 bits per heavy atom. The molecule has 0 rings (SSSR count). The van der Waals surface area contributed by atoms with Crippen LogP contribution in [-0.2, 0) is 9.53 Å². The first-order valence-corrected chi connectivity index (χ1v) is 4.59. The van der Waals surface area contributed by atoms with Gasteiger partial charge in [-0.25, -0.2) is 4.79 Å². The van der Waals surface area contributed by atoms with E-state index in [4.69, 9.17) is 0 Å². The second-order valence-electron chi connectivity index (χ2n) is 2.78. The smallest absolute Gasteiger partial charge is 0.422 e. The van der Waals surface area contributed by atoms with Crippen molar-refractivity contribution < 1.29 is 9.53 Å². The third-order valence-corrected chi connectivity index (χ3v) is 1.69. The van der Waals surface area contributed by atoms with Crippen LogP contribution in [0, 0.1) is 0 Å². The lowest BCUT2D eigenvalue weighted by molar-refractivity contribution is 0.396. The molecule has 0 aromatic carbocycles. The highest BCUT2D eigenvalue weighted by Gasteiger charge is 1.86. The third-order valence-electron chi connectivity index (χ3n) is 1.69. The molecule has 0 heterocycles. The lowest BCUT2D eigenvalue weighted by atomic mass is 10.1. The van der Waals surface area contributed by atoms with E-state index in [1.54, 1.807) is 0 Å². The van der Waals surface area contributed by atoms with Crippen molar-refractivity contribution in [2.75, 3.05) is 0 Å². The van der Waals surface area contributed by atoms with Crippen molar-refractivity contribution >= 4 is 6.47 Å². The van der Waals surface area contributed by atoms with Gasteiger partial charge in [0.25, 0.3) is 0 Å². The number of allylic oxidation sites excluding steroid dienone is 1. The van der Waals surface area contributed by atoms with Crippen molar-refractivity contribution in [3.05, 3.63) is 12.3 Å². The van der Waals surface area contributed by atoms with E-state index in [1.807, 2.05) is 6.08 Å². The van der Waals surface area contributed by atoms with Crippen LogP contribution in [0.25, 0.3) is 0 Å². The summed E-state index contributed by atoms with van der Waals surface area (Å²) in [5.41, 5.74) is 0. The van der Waals surface area contributed by atoms with E-state index in [2.05, 4.69) is 11.7 Å². The predicted octanol–water partition coefficient (Wildman–Crippen LogP) is 2.94. The molecule has 0 amide bonds. The first-order valence-electron chi connectivity index (χ1n) is 4.59. The standard InChI is InChI=1S/C10H17O2/c1-2-3-4-5-6-7-8-9-12-10-11/h8-9H,2-7H2,1H3/b9-8+. The van der Waals surface area contributed by atoms with Crippen LogP contribution in [0.4, 0.5) is 0 Å². The lowest BCUT2D eigenvalue weighted by Gasteiger charge is -1.95. The number of unbranched alkanes of at least 4 members (excludes halogenated alkanes) is 5. The van der Waals surface area contributed by atoms with Crippen LogP contribution in [0.3, 0.4) is 0 Å². The Hall–Kier alpha value is -0.790. The van der Waals surface area contributed by atoms with E-state index in [9.17, 15) is 4.79 Å². The van der Waals surface area contributed by atoms with Gasteiger partial charge in [0.1, 0.15) is 0 Å². The lowest BCUT2D eigenvalue weighted by Crippen LogP contribution is -1.77. The van der Waals surface area contributed by atoms with E-state index in [0.29, 0.717) is 0 Å². The van der Waals surface area contributed by atoms with E-state index < -0.39 is 0 Å². The second-order valence-corrected chi connectivity index (χ2v) is 2.78. The maximum Gasteiger partial charge on any atom is 0.422 e. The van der Waals surface area contributed by atoms with Gasteiger partial charge in [0.05, 0.1) is 6.26 Å². The SMILES string of the molecule is CCCCCCC/C=C/O[C]=O. The molecule has 2 heteroatoms. The largest absolute Gasteiger partial charge is 0.426 e. The van der Waals surface area contributed by atoms with Crippen LogP contribution in [0.5, 0.6) is 0 Å². The minimum absolute atomic E-state index is 0.991. The molecule has 0 aliphatic rings. The van der Waals surface area contributed by atoms with Crippen molar-refractivity contribution in [3.8, 4) is 0 Å². The Labute approximate surface area is 74.6 Å². The van der Waals surface area contributed by atoms with Crippen LogP contribution < -0.4 is 0 Å². The Bertz CT molecular complexity index is 119. The quantitative estimate of drug-likeness (QED) is 0.412. The monoisotopic (exact) mass is 169 g/mol. The summed E-state index contributed by atoms with van der Waals surface area (Å²) in [6, 6.07) is 0. The van der Waals surface area contributed by atoms with Gasteiger partial charge in [-0.05, 0) is 18.9 Å². The fourth-order valence-electron chi connectivity index (χ4n) is 1.01. The summed E-state index contributed by atoms with van der Waals surface area (Å²) in [7, 11) is 0. The van der Waals surface area contributed by atoms with Crippen molar-refractivity contribution in [2.45, 2.75) is 45.4 Å². The van der Waals surface area contributed by atoms with Gasteiger partial charge in [-0.15, -0.1) is 0 Å². The van der Waals surface area contributed by atoms with Gasteiger partial charge in [-0.3, -0.25) is 0 Å². The molecule has 0 aliphatic carbocycles. The van der Waals surface area contributed by atoms with Gasteiger partial charge in [-0.1, -0.05) is 32.6 Å². The summed E-state index contributed by atoms with van der Waals surface area (Å²) in [5.74, 6) is 0. The summed E-state index contributed by atoms with van der Waals surface area (Å²) >= 11 is 0. The summed E-state index contributed by atoms with van der Waals surface area (Å²) in [5, 5.41) is 0. The minimum atomic E-state index is 0.991. The Morgan fingerprint density at radius 2 is 2.00 bits per heavy atom. The molecule has 2 nitrogen and oxygen atoms in total. The zero-order valence-electron chi connectivity index (χ0n) is 7.71. The topological polar surface area (TPSA) is 26.3 Å². The van der Waals surface area contributed by atoms with Crippen molar-refractivity contribution in [1.82, 2.24) is 0 Å². The highest BCUT2D eigenvalue weighted by Crippen LogP contribution is 2.04. The first-order chi connectivity index (χ1) is 5.91. The van der Waals surface area contributed by atoms with Crippen LogP contribution in [0.15, 0.2) is 12.3 Å². The molecule has 1 radical (unpaired) electrons. The van der Waals surface area contributed by atoms with Gasteiger partial charge >= 0.3 is 6.47 Å². The average Bonchev–Trinajstić information content (AvgIpc) is 2.10.